The average molecular weight is 461 g/mol. The summed E-state index contributed by atoms with van der Waals surface area (Å²) in [6, 6.07) is 12.8. The van der Waals surface area contributed by atoms with Crippen molar-refractivity contribution in [1.29, 1.82) is 0 Å². The van der Waals surface area contributed by atoms with Gasteiger partial charge in [0, 0.05) is 11.8 Å². The Labute approximate surface area is 183 Å². The molecule has 0 bridgehead atoms. The van der Waals surface area contributed by atoms with Crippen molar-refractivity contribution >= 4 is 38.8 Å². The number of sulfone groups is 1. The van der Waals surface area contributed by atoms with Gasteiger partial charge in [-0.05, 0) is 30.3 Å². The number of rotatable bonds is 6. The van der Waals surface area contributed by atoms with Crippen molar-refractivity contribution in [1.82, 2.24) is 10.1 Å². The fourth-order valence-electron chi connectivity index (χ4n) is 2.45. The predicted molar refractivity (Wildman–Crippen MR) is 115 cm³/mol. The molecule has 3 rings (SSSR count). The quantitative estimate of drug-likeness (QED) is 0.336. The van der Waals surface area contributed by atoms with Gasteiger partial charge < -0.3 is 15.0 Å². The van der Waals surface area contributed by atoms with Crippen molar-refractivity contribution in [3.63, 3.8) is 0 Å². The van der Waals surface area contributed by atoms with Crippen LogP contribution >= 0.6 is 11.6 Å². The molecule has 1 aromatic heterocycles. The predicted octanol–water partition coefficient (Wildman–Crippen LogP) is 2.93. The molecule has 0 aliphatic carbocycles. The second-order valence-corrected chi connectivity index (χ2v) is 8.69. The third-order valence-electron chi connectivity index (χ3n) is 3.97. The molecular weight excluding hydrogens is 444 g/mol. The minimum atomic E-state index is -3.42. The summed E-state index contributed by atoms with van der Waals surface area (Å²) in [5.74, 6) is -0.712. The highest BCUT2D eigenvalue weighted by Gasteiger charge is 2.17. The van der Waals surface area contributed by atoms with Crippen LogP contribution in [0.4, 0.5) is 5.69 Å². The first-order valence-corrected chi connectivity index (χ1v) is 11.0. The maximum atomic E-state index is 11.8. The second kappa shape index (κ2) is 9.11. The number of benzene rings is 2. The van der Waals surface area contributed by atoms with Crippen LogP contribution in [0.1, 0.15) is 5.89 Å². The van der Waals surface area contributed by atoms with E-state index in [0.717, 1.165) is 6.26 Å². The van der Waals surface area contributed by atoms with Crippen molar-refractivity contribution in [3.05, 3.63) is 71.2 Å². The van der Waals surface area contributed by atoms with Crippen LogP contribution in [0.3, 0.4) is 0 Å². The van der Waals surface area contributed by atoms with Crippen LogP contribution < -0.4 is 5.73 Å². The maximum absolute atomic E-state index is 11.8. The zero-order chi connectivity index (χ0) is 22.6. The van der Waals surface area contributed by atoms with Crippen molar-refractivity contribution in [3.8, 4) is 11.4 Å². The zero-order valence-electron chi connectivity index (χ0n) is 16.4. The lowest BCUT2D eigenvalue weighted by molar-refractivity contribution is -0.136. The number of methoxy groups -OCH3 is 1. The summed E-state index contributed by atoms with van der Waals surface area (Å²) < 4.78 is 33.5. The van der Waals surface area contributed by atoms with Crippen LogP contribution in [0.15, 0.2) is 74.7 Å². The van der Waals surface area contributed by atoms with Crippen LogP contribution in [-0.4, -0.2) is 43.6 Å². The van der Waals surface area contributed by atoms with Gasteiger partial charge in [-0.1, -0.05) is 41.0 Å². The normalized spacial score (nSPS) is 12.6. The first-order chi connectivity index (χ1) is 14.7. The molecule has 0 spiro atoms. The van der Waals surface area contributed by atoms with E-state index in [1.54, 1.807) is 36.4 Å². The molecule has 0 atom stereocenters. The first-order valence-electron chi connectivity index (χ1n) is 8.72. The maximum Gasteiger partial charge on any atom is 0.353 e. The lowest BCUT2D eigenvalue weighted by atomic mass is 10.2. The topological polar surface area (TPSA) is 138 Å². The first kappa shape index (κ1) is 22.2. The van der Waals surface area contributed by atoms with Gasteiger partial charge in [0.05, 0.1) is 22.7 Å². The van der Waals surface area contributed by atoms with Gasteiger partial charge in [0.1, 0.15) is 11.4 Å². The Balaban J connectivity index is 2.09. The van der Waals surface area contributed by atoms with E-state index in [-0.39, 0.29) is 28.0 Å². The molecule has 2 N–H and O–H groups in total. The molecule has 2 aromatic carbocycles. The van der Waals surface area contributed by atoms with Crippen molar-refractivity contribution < 1.29 is 22.5 Å². The van der Waals surface area contributed by atoms with E-state index >= 15 is 0 Å². The fourth-order valence-corrected chi connectivity index (χ4v) is 3.29. The molecule has 1 heterocycles. The van der Waals surface area contributed by atoms with E-state index in [9.17, 15) is 13.2 Å². The molecule has 3 aromatic rings. The molecule has 9 nitrogen and oxygen atoms in total. The molecule has 0 aliphatic heterocycles. The summed E-state index contributed by atoms with van der Waals surface area (Å²) in [6.07, 6.45) is 2.32. The van der Waals surface area contributed by atoms with Crippen molar-refractivity contribution in [2.75, 3.05) is 13.4 Å². The zero-order valence-corrected chi connectivity index (χ0v) is 18.0. The summed E-state index contributed by atoms with van der Waals surface area (Å²) in [6.45, 7) is 0. The molecule has 0 aliphatic rings. The molecule has 0 fully saturated rings. The van der Waals surface area contributed by atoms with Gasteiger partial charge in [0.25, 0.3) is 5.89 Å². The fraction of sp³-hybridized carbons (Fsp3) is 0.100. The Kier molecular flexibility index (Phi) is 6.52. The van der Waals surface area contributed by atoms with E-state index in [1.165, 1.54) is 25.3 Å². The number of esters is 1. The highest BCUT2D eigenvalue weighted by atomic mass is 35.5. The van der Waals surface area contributed by atoms with Crippen LogP contribution in [0.2, 0.25) is 5.02 Å². The number of hydrogen-bond donors (Lipinski definition) is 1. The summed E-state index contributed by atoms with van der Waals surface area (Å²) >= 11 is 6.17. The molecule has 0 amide bonds. The van der Waals surface area contributed by atoms with E-state index < -0.39 is 15.8 Å². The molecule has 0 unspecified atom stereocenters. The minimum Gasteiger partial charge on any atom is -0.464 e. The number of hydrogen-bond acceptors (Lipinski definition) is 9. The Morgan fingerprint density at radius 3 is 2.65 bits per heavy atom. The van der Waals surface area contributed by atoms with Crippen LogP contribution in [-0.2, 0) is 19.4 Å². The van der Waals surface area contributed by atoms with Gasteiger partial charge in [-0.2, -0.15) is 4.98 Å². The number of para-hydroxylation sites is 1. The summed E-state index contributed by atoms with van der Waals surface area (Å²) in [5, 5.41) is 4.24. The van der Waals surface area contributed by atoms with Crippen molar-refractivity contribution in [2.24, 2.45) is 10.7 Å². The Morgan fingerprint density at radius 2 is 1.97 bits per heavy atom. The average Bonchev–Trinajstić information content (AvgIpc) is 3.24. The molecule has 0 saturated heterocycles. The van der Waals surface area contributed by atoms with Gasteiger partial charge in [-0.15, -0.1) is 0 Å². The Bertz CT molecular complexity index is 1300. The van der Waals surface area contributed by atoms with E-state index in [1.807, 2.05) is 0 Å². The Morgan fingerprint density at radius 1 is 1.23 bits per heavy atom. The third kappa shape index (κ3) is 5.36. The molecular formula is C20H17ClN4O5S. The van der Waals surface area contributed by atoms with Gasteiger partial charge in [-0.25, -0.2) is 18.2 Å². The molecule has 0 radical (unpaired) electrons. The summed E-state index contributed by atoms with van der Waals surface area (Å²) in [7, 11) is -2.23. The smallest absolute Gasteiger partial charge is 0.353 e. The number of halogens is 1. The van der Waals surface area contributed by atoms with Crippen LogP contribution in [0.5, 0.6) is 0 Å². The molecule has 31 heavy (non-hydrogen) atoms. The number of allylic oxidation sites excluding steroid dienone is 1. The van der Waals surface area contributed by atoms with E-state index in [2.05, 4.69) is 19.9 Å². The monoisotopic (exact) mass is 460 g/mol. The van der Waals surface area contributed by atoms with Crippen molar-refractivity contribution in [2.45, 2.75) is 4.90 Å². The standard InChI is InChI=1S/C20H17ClN4O5S/c1-29-20(26)15(22)11-17(23-16-9-4-3-8-14(16)21)19-24-18(25-30-19)12-6-5-7-13(10-12)31(2,27)28/h3-11H,22H2,1-2H3/b15-11-,23-17?. The number of nitrogens with two attached hydrogens (primary N) is 1. The van der Waals surface area contributed by atoms with Gasteiger partial charge >= 0.3 is 5.97 Å². The molecule has 0 saturated carbocycles. The number of aliphatic imine (C=N–C) groups is 1. The molecule has 11 heteroatoms. The highest BCUT2D eigenvalue weighted by Crippen LogP contribution is 2.26. The van der Waals surface area contributed by atoms with E-state index in [0.29, 0.717) is 16.3 Å². The molecule has 160 valence electrons. The lowest BCUT2D eigenvalue weighted by Crippen LogP contribution is -2.15. The van der Waals surface area contributed by atoms with E-state index in [4.69, 9.17) is 21.9 Å². The third-order valence-corrected chi connectivity index (χ3v) is 5.40. The van der Waals surface area contributed by atoms with Crippen LogP contribution in [0.25, 0.3) is 11.4 Å². The second-order valence-electron chi connectivity index (χ2n) is 6.26. The number of ether oxygens (including phenoxy) is 1. The Hall–Kier alpha value is -3.50. The number of carbonyl (C=O) groups excluding carboxylic acids is 1. The lowest BCUT2D eigenvalue weighted by Gasteiger charge is -2.02. The summed E-state index contributed by atoms with van der Waals surface area (Å²) in [4.78, 5) is 20.5. The largest absolute Gasteiger partial charge is 0.464 e. The minimum absolute atomic E-state index is 0.0634. The number of carbonyl (C=O) groups is 1. The van der Waals surface area contributed by atoms with Gasteiger partial charge in [0.15, 0.2) is 9.84 Å². The highest BCUT2D eigenvalue weighted by molar-refractivity contribution is 7.90. The summed E-state index contributed by atoms with van der Waals surface area (Å²) in [5.41, 5.74) is 6.38. The van der Waals surface area contributed by atoms with Crippen LogP contribution in [0, 0.1) is 0 Å². The number of aromatic nitrogens is 2. The van der Waals surface area contributed by atoms with Gasteiger partial charge in [-0.3, -0.25) is 0 Å². The van der Waals surface area contributed by atoms with Gasteiger partial charge in [0.2, 0.25) is 5.82 Å². The number of nitrogens with zero attached hydrogens (tertiary/aromatic N) is 3. The SMILES string of the molecule is COC(=O)/C(N)=C/C(=Nc1ccccc1Cl)c1nc(-c2cccc(S(C)(=O)=O)c2)no1.